The van der Waals surface area contributed by atoms with Gasteiger partial charge >= 0.3 is 0 Å². The van der Waals surface area contributed by atoms with Crippen molar-refractivity contribution < 1.29 is 14.3 Å². The fourth-order valence-corrected chi connectivity index (χ4v) is 3.62. The predicted octanol–water partition coefficient (Wildman–Crippen LogP) is 0.910. The number of carbonyl (C=O) groups is 2. The molecule has 3 heterocycles. The van der Waals surface area contributed by atoms with Gasteiger partial charge in [0.15, 0.2) is 0 Å². The first-order valence-corrected chi connectivity index (χ1v) is 7.84. The Bertz CT molecular complexity index is 782. The third-order valence-corrected chi connectivity index (χ3v) is 4.81. The fourth-order valence-electron chi connectivity index (χ4n) is 3.62. The number of aromatic nitrogens is 1. The van der Waals surface area contributed by atoms with Crippen molar-refractivity contribution in [3.63, 3.8) is 0 Å². The number of carbonyl (C=O) groups excluding carboxylic acids is 2. The van der Waals surface area contributed by atoms with Crippen LogP contribution >= 0.6 is 0 Å². The fraction of sp³-hybridized carbons (Fsp3) is 0.412. The van der Waals surface area contributed by atoms with Crippen molar-refractivity contribution in [2.75, 3.05) is 26.8 Å². The number of nitrogens with one attached hydrogen (secondary N) is 1. The molecule has 6 heteroatoms. The minimum absolute atomic E-state index is 0.00927. The number of para-hydroxylation sites is 1. The molecule has 2 aliphatic heterocycles. The number of hydrogen-bond donors (Lipinski definition) is 1. The first-order valence-electron chi connectivity index (χ1n) is 7.84. The van der Waals surface area contributed by atoms with Crippen molar-refractivity contribution in [3.05, 3.63) is 35.5 Å². The molecule has 1 unspecified atom stereocenters. The molecule has 1 saturated heterocycles. The van der Waals surface area contributed by atoms with Gasteiger partial charge < -0.3 is 19.5 Å². The first kappa shape index (κ1) is 14.3. The van der Waals surface area contributed by atoms with E-state index in [0.29, 0.717) is 26.1 Å². The molecule has 1 atom stereocenters. The minimum atomic E-state index is -0.389. The summed E-state index contributed by atoms with van der Waals surface area (Å²) in [5, 5.41) is 1.15. The van der Waals surface area contributed by atoms with Gasteiger partial charge in [0.1, 0.15) is 6.04 Å². The standard InChI is InChI=1S/C17H19N3O3/c1-23-7-6-19-10-16(21)20-9-14-12(8-15(20)17(19)22)11-4-2-3-5-13(11)18-14/h2-5,15,18H,6-10H2,1H3. The largest absolute Gasteiger partial charge is 0.383 e. The molecule has 120 valence electrons. The van der Waals surface area contributed by atoms with Gasteiger partial charge in [0.2, 0.25) is 11.8 Å². The Morgan fingerprint density at radius 1 is 1.26 bits per heavy atom. The van der Waals surface area contributed by atoms with Crippen LogP contribution in [0, 0.1) is 0 Å². The van der Waals surface area contributed by atoms with E-state index < -0.39 is 0 Å². The molecule has 0 radical (unpaired) electrons. The van der Waals surface area contributed by atoms with Gasteiger partial charge in [-0.3, -0.25) is 9.59 Å². The zero-order valence-corrected chi connectivity index (χ0v) is 13.0. The number of nitrogens with zero attached hydrogens (tertiary/aromatic N) is 2. The zero-order valence-electron chi connectivity index (χ0n) is 13.0. The van der Waals surface area contributed by atoms with Crippen molar-refractivity contribution in [2.45, 2.75) is 19.0 Å². The van der Waals surface area contributed by atoms with Crippen LogP contribution in [0.2, 0.25) is 0 Å². The summed E-state index contributed by atoms with van der Waals surface area (Å²) in [5.74, 6) is 0.0348. The summed E-state index contributed by atoms with van der Waals surface area (Å²) in [5.41, 5.74) is 3.28. The van der Waals surface area contributed by atoms with Gasteiger partial charge in [-0.1, -0.05) is 18.2 Å². The maximum Gasteiger partial charge on any atom is 0.246 e. The summed E-state index contributed by atoms with van der Waals surface area (Å²) in [6.45, 7) is 1.54. The summed E-state index contributed by atoms with van der Waals surface area (Å²) in [6, 6.07) is 7.70. The highest BCUT2D eigenvalue weighted by Gasteiger charge is 2.42. The maximum atomic E-state index is 12.7. The Kier molecular flexibility index (Phi) is 3.34. The van der Waals surface area contributed by atoms with Crippen LogP contribution in [0.4, 0.5) is 0 Å². The molecule has 2 aliphatic rings. The zero-order chi connectivity index (χ0) is 16.0. The number of amides is 2. The molecule has 0 spiro atoms. The second-order valence-electron chi connectivity index (χ2n) is 6.12. The molecule has 23 heavy (non-hydrogen) atoms. The van der Waals surface area contributed by atoms with Crippen LogP contribution in [0.25, 0.3) is 10.9 Å². The quantitative estimate of drug-likeness (QED) is 0.916. The Balaban J connectivity index is 1.69. The normalized spacial score (nSPS) is 20.8. The van der Waals surface area contributed by atoms with Gasteiger partial charge in [0.25, 0.3) is 0 Å². The van der Waals surface area contributed by atoms with E-state index in [1.165, 1.54) is 0 Å². The molecule has 2 amide bonds. The molecule has 1 N–H and O–H groups in total. The maximum absolute atomic E-state index is 12.7. The summed E-state index contributed by atoms with van der Waals surface area (Å²) in [4.78, 5) is 31.9. The Morgan fingerprint density at radius 3 is 2.91 bits per heavy atom. The smallest absolute Gasteiger partial charge is 0.246 e. The highest BCUT2D eigenvalue weighted by Crippen LogP contribution is 2.32. The van der Waals surface area contributed by atoms with Gasteiger partial charge in [0, 0.05) is 36.7 Å². The molecule has 0 aliphatic carbocycles. The summed E-state index contributed by atoms with van der Waals surface area (Å²) >= 11 is 0. The van der Waals surface area contributed by atoms with E-state index in [-0.39, 0.29) is 24.4 Å². The van der Waals surface area contributed by atoms with Gasteiger partial charge in [-0.25, -0.2) is 0 Å². The Hall–Kier alpha value is -2.34. The molecule has 2 aromatic rings. The number of rotatable bonds is 3. The second-order valence-corrected chi connectivity index (χ2v) is 6.12. The highest BCUT2D eigenvalue weighted by atomic mass is 16.5. The number of methoxy groups -OCH3 is 1. The van der Waals surface area contributed by atoms with Crippen LogP contribution in [0.5, 0.6) is 0 Å². The number of ether oxygens (including phenoxy) is 1. The van der Waals surface area contributed by atoms with Crippen molar-refractivity contribution in [1.82, 2.24) is 14.8 Å². The summed E-state index contributed by atoms with van der Waals surface area (Å²) in [6.07, 6.45) is 0.577. The Labute approximate surface area is 134 Å². The molecule has 0 saturated carbocycles. The van der Waals surface area contributed by atoms with E-state index in [1.54, 1.807) is 16.9 Å². The summed E-state index contributed by atoms with van der Waals surface area (Å²) in [7, 11) is 1.60. The van der Waals surface area contributed by atoms with Crippen molar-refractivity contribution in [2.24, 2.45) is 0 Å². The molecular weight excluding hydrogens is 294 g/mol. The number of H-pyrrole nitrogens is 1. The third kappa shape index (κ3) is 2.21. The van der Waals surface area contributed by atoms with Crippen LogP contribution in [0.3, 0.4) is 0 Å². The second kappa shape index (κ2) is 5.38. The number of piperazine rings is 1. The van der Waals surface area contributed by atoms with Crippen LogP contribution in [-0.2, 0) is 27.3 Å². The number of aromatic amines is 1. The van der Waals surface area contributed by atoms with Crippen LogP contribution < -0.4 is 0 Å². The SMILES string of the molecule is COCCN1CC(=O)N2Cc3[nH]c4ccccc4c3CC2C1=O. The molecule has 4 rings (SSSR count). The van der Waals surface area contributed by atoms with Crippen molar-refractivity contribution in [1.29, 1.82) is 0 Å². The van der Waals surface area contributed by atoms with E-state index >= 15 is 0 Å². The number of fused-ring (bicyclic) bond motifs is 4. The van der Waals surface area contributed by atoms with Crippen LogP contribution in [0.1, 0.15) is 11.3 Å². The van der Waals surface area contributed by atoms with Gasteiger partial charge in [-0.05, 0) is 11.6 Å². The summed E-state index contributed by atoms with van der Waals surface area (Å²) < 4.78 is 5.04. The van der Waals surface area contributed by atoms with Crippen molar-refractivity contribution in [3.8, 4) is 0 Å². The average molecular weight is 313 g/mol. The molecule has 6 nitrogen and oxygen atoms in total. The number of hydrogen-bond acceptors (Lipinski definition) is 3. The van der Waals surface area contributed by atoms with E-state index in [9.17, 15) is 9.59 Å². The Morgan fingerprint density at radius 2 is 2.09 bits per heavy atom. The van der Waals surface area contributed by atoms with Gasteiger partial charge in [-0.2, -0.15) is 0 Å². The van der Waals surface area contributed by atoms with E-state index in [0.717, 1.165) is 22.2 Å². The lowest BCUT2D eigenvalue weighted by atomic mass is 9.94. The van der Waals surface area contributed by atoms with E-state index in [1.807, 2.05) is 18.2 Å². The molecule has 1 aromatic carbocycles. The topological polar surface area (TPSA) is 65.6 Å². The predicted molar refractivity (Wildman–Crippen MR) is 84.8 cm³/mol. The van der Waals surface area contributed by atoms with Gasteiger partial charge in [-0.15, -0.1) is 0 Å². The molecular formula is C17H19N3O3. The third-order valence-electron chi connectivity index (χ3n) is 4.81. The highest BCUT2D eigenvalue weighted by molar-refractivity contribution is 5.96. The monoisotopic (exact) mass is 313 g/mol. The van der Waals surface area contributed by atoms with Crippen LogP contribution in [-0.4, -0.2) is 59.4 Å². The van der Waals surface area contributed by atoms with Crippen LogP contribution in [0.15, 0.2) is 24.3 Å². The number of benzene rings is 1. The van der Waals surface area contributed by atoms with Crippen molar-refractivity contribution >= 4 is 22.7 Å². The first-order chi connectivity index (χ1) is 11.2. The van der Waals surface area contributed by atoms with E-state index in [2.05, 4.69) is 11.1 Å². The molecule has 0 bridgehead atoms. The lowest BCUT2D eigenvalue weighted by molar-refractivity contribution is -0.157. The average Bonchev–Trinajstić information content (AvgIpc) is 2.93. The molecule has 1 fully saturated rings. The molecule has 1 aromatic heterocycles. The van der Waals surface area contributed by atoms with E-state index in [4.69, 9.17) is 4.74 Å². The lowest BCUT2D eigenvalue weighted by Crippen LogP contribution is -2.61. The minimum Gasteiger partial charge on any atom is -0.383 e. The lowest BCUT2D eigenvalue weighted by Gasteiger charge is -2.42. The van der Waals surface area contributed by atoms with Gasteiger partial charge in [0.05, 0.1) is 19.7 Å².